The Kier molecular flexibility index (Phi) is 9.23. The van der Waals surface area contributed by atoms with E-state index in [4.69, 9.17) is 15.2 Å². The number of carbonyl (C=O) groups is 1. The van der Waals surface area contributed by atoms with Crippen LogP contribution in [0.4, 0.5) is 0 Å². The van der Waals surface area contributed by atoms with Gasteiger partial charge in [-0.05, 0) is 143 Å². The summed E-state index contributed by atoms with van der Waals surface area (Å²) in [6.45, 7) is 9.40. The zero-order chi connectivity index (χ0) is 36.9. The van der Waals surface area contributed by atoms with E-state index in [1.165, 1.54) is 12.8 Å². The van der Waals surface area contributed by atoms with E-state index in [0.29, 0.717) is 56.5 Å². The maximum atomic E-state index is 14.3. The highest BCUT2D eigenvalue weighted by Gasteiger charge is 2.75. The van der Waals surface area contributed by atoms with E-state index >= 15 is 0 Å². The van der Waals surface area contributed by atoms with Crippen LogP contribution in [0.25, 0.3) is 0 Å². The molecule has 0 amide bonds. The van der Waals surface area contributed by atoms with Crippen molar-refractivity contribution >= 4 is 5.78 Å². The van der Waals surface area contributed by atoms with E-state index in [1.807, 2.05) is 26.0 Å². The second-order valence-electron chi connectivity index (χ2n) is 19.5. The number of rotatable bonds is 9. The number of aliphatic hydroxyl groups is 4. The van der Waals surface area contributed by atoms with Gasteiger partial charge in [-0.25, -0.2) is 0 Å². The van der Waals surface area contributed by atoms with Crippen molar-refractivity contribution in [3.63, 3.8) is 0 Å². The normalized spacial score (nSPS) is 47.1. The summed E-state index contributed by atoms with van der Waals surface area (Å²) < 4.78 is 13.7. The quantitative estimate of drug-likeness (QED) is 0.176. The summed E-state index contributed by atoms with van der Waals surface area (Å²) in [5.41, 5.74) is 3.36. The number of nitrogens with two attached hydrogens (primary N) is 1. The third kappa shape index (κ3) is 5.32. The van der Waals surface area contributed by atoms with Crippen LogP contribution in [0.5, 0.6) is 0 Å². The SMILES string of the molecule is CC1CCOC(C2OC2C(C)(O)C(C)(CO)CCC2=CCNC(N)=C2)(C2CCC3(O)C4=CC(=O)C5CC(O)CCC5(C5CCCC5)C4CCC23C)C1. The van der Waals surface area contributed by atoms with Crippen LogP contribution in [-0.2, 0) is 14.3 Å². The molecule has 4 saturated carbocycles. The van der Waals surface area contributed by atoms with Crippen molar-refractivity contribution in [3.8, 4) is 0 Å². The first-order valence-corrected chi connectivity index (χ1v) is 20.8. The van der Waals surface area contributed by atoms with Gasteiger partial charge in [0.05, 0.1) is 29.7 Å². The maximum Gasteiger partial charge on any atom is 0.159 e. The second kappa shape index (κ2) is 12.9. The Morgan fingerprint density at radius 3 is 2.52 bits per heavy atom. The van der Waals surface area contributed by atoms with Gasteiger partial charge >= 0.3 is 0 Å². The first kappa shape index (κ1) is 37.2. The van der Waals surface area contributed by atoms with Crippen LogP contribution in [0.2, 0.25) is 0 Å². The van der Waals surface area contributed by atoms with Gasteiger partial charge in [-0.1, -0.05) is 39.7 Å². The lowest BCUT2D eigenvalue weighted by atomic mass is 9.42. The Labute approximate surface area is 310 Å². The van der Waals surface area contributed by atoms with Crippen molar-refractivity contribution in [3.05, 3.63) is 35.2 Å². The molecule has 9 heteroatoms. The number of aliphatic hydroxyl groups excluding tert-OH is 2. The molecule has 3 aliphatic heterocycles. The van der Waals surface area contributed by atoms with E-state index in [0.717, 1.165) is 68.9 Å². The Bertz CT molecular complexity index is 1520. The lowest BCUT2D eigenvalue weighted by Crippen LogP contribution is -2.64. The van der Waals surface area contributed by atoms with E-state index in [9.17, 15) is 25.2 Å². The summed E-state index contributed by atoms with van der Waals surface area (Å²) in [5, 5.41) is 50.5. The van der Waals surface area contributed by atoms with Gasteiger partial charge in [-0.15, -0.1) is 0 Å². The highest BCUT2D eigenvalue weighted by atomic mass is 16.6. The van der Waals surface area contributed by atoms with E-state index in [-0.39, 0.29) is 41.7 Å². The number of ether oxygens (including phenoxy) is 2. The zero-order valence-corrected chi connectivity index (χ0v) is 32.2. The molecule has 0 aromatic rings. The molecular formula is C43H66N2O7. The molecule has 52 heavy (non-hydrogen) atoms. The van der Waals surface area contributed by atoms with Crippen molar-refractivity contribution < 1.29 is 34.7 Å². The molecule has 0 bridgehead atoms. The van der Waals surface area contributed by atoms with Gasteiger partial charge in [0.1, 0.15) is 17.8 Å². The minimum absolute atomic E-state index is 0.0303. The summed E-state index contributed by atoms with van der Waals surface area (Å²) in [7, 11) is 0. The van der Waals surface area contributed by atoms with Crippen molar-refractivity contribution in [2.24, 2.45) is 51.6 Å². The largest absolute Gasteiger partial charge is 0.396 e. The molecule has 0 radical (unpaired) electrons. The van der Waals surface area contributed by atoms with Crippen LogP contribution >= 0.6 is 0 Å². The monoisotopic (exact) mass is 722 g/mol. The van der Waals surface area contributed by atoms with E-state index in [1.54, 1.807) is 0 Å². The zero-order valence-electron chi connectivity index (χ0n) is 32.2. The molecular weight excluding hydrogens is 656 g/mol. The molecule has 5 aliphatic carbocycles. The molecule has 13 unspecified atom stereocenters. The lowest BCUT2D eigenvalue weighted by Gasteiger charge is -2.63. The highest BCUT2D eigenvalue weighted by molar-refractivity contribution is 5.95. The van der Waals surface area contributed by atoms with E-state index < -0.39 is 39.8 Å². The van der Waals surface area contributed by atoms with Gasteiger partial charge in [0.2, 0.25) is 0 Å². The van der Waals surface area contributed by atoms with Gasteiger partial charge in [-0.2, -0.15) is 0 Å². The number of dihydropyridines is 1. The van der Waals surface area contributed by atoms with Crippen LogP contribution in [-0.4, -0.2) is 81.1 Å². The van der Waals surface area contributed by atoms with Gasteiger partial charge in [0, 0.05) is 29.9 Å². The van der Waals surface area contributed by atoms with Gasteiger partial charge < -0.3 is 41.0 Å². The molecule has 7 N–H and O–H groups in total. The fourth-order valence-corrected chi connectivity index (χ4v) is 13.8. The van der Waals surface area contributed by atoms with Crippen LogP contribution in [0, 0.1) is 45.8 Å². The summed E-state index contributed by atoms with van der Waals surface area (Å²) in [6.07, 6.45) is 17.5. The number of nitrogens with one attached hydrogen (secondary N) is 1. The fraction of sp³-hybridized carbons (Fsp3) is 0.837. The van der Waals surface area contributed by atoms with Gasteiger partial charge in [-0.3, -0.25) is 4.79 Å². The Morgan fingerprint density at radius 1 is 1.04 bits per heavy atom. The predicted octanol–water partition coefficient (Wildman–Crippen LogP) is 5.20. The number of hydrogen-bond acceptors (Lipinski definition) is 9. The molecule has 13 atom stereocenters. The minimum atomic E-state index is -1.34. The Morgan fingerprint density at radius 2 is 1.81 bits per heavy atom. The molecule has 8 aliphatic rings. The van der Waals surface area contributed by atoms with Crippen molar-refractivity contribution in [2.75, 3.05) is 19.8 Å². The van der Waals surface area contributed by atoms with Crippen molar-refractivity contribution in [1.82, 2.24) is 5.32 Å². The molecule has 9 nitrogen and oxygen atoms in total. The molecule has 2 saturated heterocycles. The molecule has 0 aromatic heterocycles. The number of epoxide rings is 1. The van der Waals surface area contributed by atoms with Gasteiger partial charge in [0.15, 0.2) is 5.78 Å². The fourth-order valence-electron chi connectivity index (χ4n) is 13.8. The predicted molar refractivity (Wildman–Crippen MR) is 198 cm³/mol. The number of allylic oxidation sites excluding steroid dienone is 3. The summed E-state index contributed by atoms with van der Waals surface area (Å²) in [5.74, 6) is 1.57. The second-order valence-corrected chi connectivity index (χ2v) is 19.5. The summed E-state index contributed by atoms with van der Waals surface area (Å²) >= 11 is 0. The summed E-state index contributed by atoms with van der Waals surface area (Å²) in [6, 6.07) is 0. The molecule has 3 heterocycles. The Balaban J connectivity index is 1.11. The molecule has 8 rings (SSSR count). The third-order valence-electron chi connectivity index (χ3n) is 17.1. The van der Waals surface area contributed by atoms with Crippen molar-refractivity contribution in [1.29, 1.82) is 0 Å². The lowest BCUT2D eigenvalue weighted by molar-refractivity contribution is -0.196. The standard InChI is InChI=1S/C43H66N2O7/c1-26-14-20-51-42(24-26,37-36(52-37)40(4,49)38(2,25-46)15-9-27-13-19-45-35(44)21-27)34-12-18-43(50)31-23-33(48)32-22-29(47)10-17-41(32,28-7-5-6-8-28)30(31)11-16-39(34,43)3/h13,21,23,26,28-30,32,34,36-37,45-47,49-50H,5-12,14-20,22,24-25,44H2,1-4H3. The third-order valence-corrected chi connectivity index (χ3v) is 17.1. The number of ketones is 1. The Hall–Kier alpha value is -1.75. The van der Waals surface area contributed by atoms with Crippen LogP contribution in [0.15, 0.2) is 35.2 Å². The smallest absolute Gasteiger partial charge is 0.159 e. The number of carbonyl (C=O) groups excluding carboxylic acids is 1. The average molecular weight is 723 g/mol. The molecule has 290 valence electrons. The van der Waals surface area contributed by atoms with Crippen molar-refractivity contribution in [2.45, 2.75) is 159 Å². The molecule has 0 aromatic carbocycles. The van der Waals surface area contributed by atoms with Crippen LogP contribution in [0.3, 0.4) is 0 Å². The first-order chi connectivity index (χ1) is 24.6. The topological polar surface area (TPSA) is 158 Å². The number of hydrogen-bond donors (Lipinski definition) is 6. The van der Waals surface area contributed by atoms with Crippen LogP contribution in [0.1, 0.15) is 124 Å². The summed E-state index contributed by atoms with van der Waals surface area (Å²) in [4.78, 5) is 14.3. The molecule has 0 spiro atoms. The molecule has 6 fully saturated rings. The minimum Gasteiger partial charge on any atom is -0.396 e. The maximum absolute atomic E-state index is 14.3. The van der Waals surface area contributed by atoms with Gasteiger partial charge in [0.25, 0.3) is 0 Å². The average Bonchev–Trinajstić information content (AvgIpc) is 3.66. The number of fused-ring (bicyclic) bond motifs is 5. The van der Waals surface area contributed by atoms with Crippen LogP contribution < -0.4 is 11.1 Å². The highest BCUT2D eigenvalue weighted by Crippen LogP contribution is 2.72. The van der Waals surface area contributed by atoms with E-state index in [2.05, 4.69) is 25.2 Å². The first-order valence-electron chi connectivity index (χ1n) is 20.8.